The molecule has 1 atom stereocenters. The summed E-state index contributed by atoms with van der Waals surface area (Å²) in [4.78, 5) is 12.2. The maximum atomic E-state index is 13.7. The van der Waals surface area contributed by atoms with E-state index < -0.39 is 53.6 Å². The first-order valence-electron chi connectivity index (χ1n) is 7.78. The summed E-state index contributed by atoms with van der Waals surface area (Å²) < 4.78 is 95.8. The number of alkyl halides is 6. The van der Waals surface area contributed by atoms with Crippen LogP contribution in [0.25, 0.3) is 0 Å². The van der Waals surface area contributed by atoms with Gasteiger partial charge in [-0.2, -0.15) is 13.2 Å². The van der Waals surface area contributed by atoms with E-state index in [1.807, 2.05) is 0 Å². The number of nitrogens with one attached hydrogen (secondary N) is 1. The molecule has 0 bridgehead atoms. The Morgan fingerprint density at radius 3 is 2.36 bits per heavy atom. The van der Waals surface area contributed by atoms with Crippen LogP contribution in [-0.2, 0) is 6.18 Å². The quantitative estimate of drug-likeness (QED) is 0.643. The Bertz CT molecular complexity index is 850. The molecule has 10 heteroatoms. The number of amides is 1. The number of benzene rings is 2. The average Bonchev–Trinajstić information content (AvgIpc) is 2.59. The van der Waals surface area contributed by atoms with E-state index >= 15 is 0 Å². The lowest BCUT2D eigenvalue weighted by atomic mass is 10.1. The Kier molecular flexibility index (Phi) is 6.20. The van der Waals surface area contributed by atoms with Crippen molar-refractivity contribution in [1.82, 2.24) is 0 Å². The van der Waals surface area contributed by atoms with E-state index in [-0.39, 0.29) is 5.56 Å². The van der Waals surface area contributed by atoms with Gasteiger partial charge in [0.15, 0.2) is 0 Å². The maximum absolute atomic E-state index is 13.7. The highest BCUT2D eigenvalue weighted by Crippen LogP contribution is 2.36. The third kappa shape index (κ3) is 5.37. The molecular formula is C18H14F7NO2. The second-order valence-electron chi connectivity index (χ2n) is 6.04. The summed E-state index contributed by atoms with van der Waals surface area (Å²) >= 11 is 0. The Balaban J connectivity index is 2.33. The normalized spacial score (nSPS) is 13.9. The van der Waals surface area contributed by atoms with Gasteiger partial charge in [-0.25, -0.2) is 17.6 Å². The minimum atomic E-state index is -4.77. The van der Waals surface area contributed by atoms with Crippen LogP contribution < -0.4 is 10.1 Å². The molecule has 0 heterocycles. The fraction of sp³-hybridized carbons (Fsp3) is 0.278. The van der Waals surface area contributed by atoms with Gasteiger partial charge in [0.2, 0.25) is 5.67 Å². The van der Waals surface area contributed by atoms with Crippen LogP contribution in [0.1, 0.15) is 22.8 Å². The molecule has 28 heavy (non-hydrogen) atoms. The summed E-state index contributed by atoms with van der Waals surface area (Å²) in [7, 11) is 0. The van der Waals surface area contributed by atoms with Crippen LogP contribution in [0, 0.1) is 5.82 Å². The smallest absolute Gasteiger partial charge is 0.416 e. The topological polar surface area (TPSA) is 38.3 Å². The molecule has 0 aliphatic rings. The zero-order chi connectivity index (χ0) is 21.1. The summed E-state index contributed by atoms with van der Waals surface area (Å²) in [5.74, 6) is -2.18. The van der Waals surface area contributed by atoms with E-state index in [2.05, 4.69) is 5.32 Å². The second-order valence-corrected chi connectivity index (χ2v) is 6.04. The minimum Gasteiger partial charge on any atom is -0.488 e. The largest absolute Gasteiger partial charge is 0.488 e. The van der Waals surface area contributed by atoms with Crippen LogP contribution in [-0.4, -0.2) is 24.6 Å². The molecule has 1 amide bonds. The molecule has 2 rings (SSSR count). The van der Waals surface area contributed by atoms with Crippen LogP contribution in [0.4, 0.5) is 36.4 Å². The Morgan fingerprint density at radius 1 is 1.11 bits per heavy atom. The summed E-state index contributed by atoms with van der Waals surface area (Å²) in [5, 5.41) is 2.09. The van der Waals surface area contributed by atoms with E-state index in [1.165, 1.54) is 12.1 Å². The van der Waals surface area contributed by atoms with Gasteiger partial charge in [-0.15, -0.1) is 0 Å². The molecule has 0 aliphatic carbocycles. The molecule has 0 aromatic heterocycles. The third-order valence-electron chi connectivity index (χ3n) is 3.61. The molecular weight excluding hydrogens is 395 g/mol. The summed E-state index contributed by atoms with van der Waals surface area (Å²) in [6, 6.07) is 6.19. The number of anilines is 1. The van der Waals surface area contributed by atoms with Crippen molar-refractivity contribution in [3.63, 3.8) is 0 Å². The van der Waals surface area contributed by atoms with Gasteiger partial charge in [-0.05, 0) is 43.3 Å². The molecule has 1 N–H and O–H groups in total. The molecule has 2 aromatic carbocycles. The van der Waals surface area contributed by atoms with Crippen LogP contribution in [0.3, 0.4) is 0 Å². The van der Waals surface area contributed by atoms with Crippen molar-refractivity contribution in [3.8, 4) is 5.75 Å². The predicted octanol–water partition coefficient (Wildman–Crippen LogP) is 5.47. The number of ether oxygens (including phenoxy) is 1. The molecule has 0 fully saturated rings. The van der Waals surface area contributed by atoms with E-state index in [0.717, 1.165) is 18.2 Å². The fourth-order valence-corrected chi connectivity index (χ4v) is 2.04. The molecule has 0 spiro atoms. The SMILES string of the molecule is CC(F)(COc1ccc(C(F)(F)F)cc1NC(=O)c1cccc(F)c1)C(F)F. The average molecular weight is 409 g/mol. The Morgan fingerprint density at radius 2 is 1.79 bits per heavy atom. The number of hydrogen-bond donors (Lipinski definition) is 1. The molecule has 0 aliphatic heterocycles. The Labute approximate surface area is 155 Å². The molecule has 2 aromatic rings. The van der Waals surface area contributed by atoms with Crippen LogP contribution in [0.5, 0.6) is 5.75 Å². The monoisotopic (exact) mass is 409 g/mol. The molecule has 3 nitrogen and oxygen atoms in total. The van der Waals surface area contributed by atoms with Crippen molar-refractivity contribution in [3.05, 3.63) is 59.4 Å². The first-order valence-corrected chi connectivity index (χ1v) is 7.78. The Hall–Kier alpha value is -2.78. The van der Waals surface area contributed by atoms with Gasteiger partial charge in [-0.3, -0.25) is 4.79 Å². The van der Waals surface area contributed by atoms with Gasteiger partial charge in [0.1, 0.15) is 18.2 Å². The second kappa shape index (κ2) is 8.07. The van der Waals surface area contributed by atoms with Gasteiger partial charge in [0.25, 0.3) is 12.3 Å². The van der Waals surface area contributed by atoms with Gasteiger partial charge in [-0.1, -0.05) is 6.07 Å². The lowest BCUT2D eigenvalue weighted by molar-refractivity contribution is -0.137. The van der Waals surface area contributed by atoms with E-state index in [0.29, 0.717) is 19.1 Å². The van der Waals surface area contributed by atoms with Crippen LogP contribution in [0.15, 0.2) is 42.5 Å². The predicted molar refractivity (Wildman–Crippen MR) is 86.8 cm³/mol. The highest BCUT2D eigenvalue weighted by atomic mass is 19.4. The van der Waals surface area contributed by atoms with Crippen molar-refractivity contribution in [2.75, 3.05) is 11.9 Å². The highest BCUT2D eigenvalue weighted by molar-refractivity contribution is 6.05. The standard InChI is InChI=1S/C18H14F7NO2/c1-17(22,16(20)21)9-28-14-6-5-11(18(23,24)25)8-13(14)26-15(27)10-3-2-4-12(19)7-10/h2-8,16H,9H2,1H3,(H,26,27). The van der Waals surface area contributed by atoms with Crippen LogP contribution in [0.2, 0.25) is 0 Å². The van der Waals surface area contributed by atoms with Gasteiger partial charge >= 0.3 is 6.18 Å². The van der Waals surface area contributed by atoms with Gasteiger partial charge in [0.05, 0.1) is 11.3 Å². The number of halogens is 7. The van der Waals surface area contributed by atoms with Crippen molar-refractivity contribution in [2.24, 2.45) is 0 Å². The number of carbonyl (C=O) groups excluding carboxylic acids is 1. The van der Waals surface area contributed by atoms with E-state index in [9.17, 15) is 35.5 Å². The molecule has 0 radical (unpaired) electrons. The lowest BCUT2D eigenvalue weighted by Gasteiger charge is -2.21. The van der Waals surface area contributed by atoms with Gasteiger partial charge < -0.3 is 10.1 Å². The molecule has 152 valence electrons. The van der Waals surface area contributed by atoms with Gasteiger partial charge in [0, 0.05) is 5.56 Å². The van der Waals surface area contributed by atoms with E-state index in [1.54, 1.807) is 0 Å². The molecule has 0 saturated heterocycles. The van der Waals surface area contributed by atoms with E-state index in [4.69, 9.17) is 4.74 Å². The van der Waals surface area contributed by atoms with Crippen molar-refractivity contribution >= 4 is 11.6 Å². The van der Waals surface area contributed by atoms with Crippen LogP contribution >= 0.6 is 0 Å². The van der Waals surface area contributed by atoms with Crippen molar-refractivity contribution in [2.45, 2.75) is 25.2 Å². The van der Waals surface area contributed by atoms with Crippen molar-refractivity contribution < 1.29 is 40.3 Å². The lowest BCUT2D eigenvalue weighted by Crippen LogP contribution is -2.35. The molecule has 1 unspecified atom stereocenters. The summed E-state index contributed by atoms with van der Waals surface area (Å²) in [5.41, 5.74) is -4.96. The third-order valence-corrected chi connectivity index (χ3v) is 3.61. The zero-order valence-corrected chi connectivity index (χ0v) is 14.3. The van der Waals surface area contributed by atoms with Crippen molar-refractivity contribution in [1.29, 1.82) is 0 Å². The summed E-state index contributed by atoms with van der Waals surface area (Å²) in [6.07, 6.45) is -8.17. The highest BCUT2D eigenvalue weighted by Gasteiger charge is 2.37. The minimum absolute atomic E-state index is 0.203. The first-order chi connectivity index (χ1) is 12.9. The fourth-order valence-electron chi connectivity index (χ4n) is 2.04. The first kappa shape index (κ1) is 21.5. The zero-order valence-electron chi connectivity index (χ0n) is 14.3. The summed E-state index contributed by atoms with van der Waals surface area (Å²) in [6.45, 7) is -0.606. The maximum Gasteiger partial charge on any atom is 0.416 e. The number of hydrogen-bond acceptors (Lipinski definition) is 2. The number of rotatable bonds is 6. The number of carbonyl (C=O) groups is 1. The molecule has 0 saturated carbocycles.